The number of imide groups is 1. The van der Waals surface area contributed by atoms with E-state index in [1.807, 2.05) is 5.32 Å². The van der Waals surface area contributed by atoms with Gasteiger partial charge < -0.3 is 10.1 Å². The highest BCUT2D eigenvalue weighted by Crippen LogP contribution is 2.30. The number of nitrogens with one attached hydrogen (secondary N) is 2. The van der Waals surface area contributed by atoms with E-state index in [2.05, 4.69) is 12.2 Å². The van der Waals surface area contributed by atoms with E-state index < -0.39 is 29.0 Å². The second-order valence-electron chi connectivity index (χ2n) is 8.91. The van der Waals surface area contributed by atoms with E-state index in [1.54, 1.807) is 6.92 Å². The van der Waals surface area contributed by atoms with Crippen molar-refractivity contribution in [1.29, 1.82) is 0 Å². The average molecular weight is 489 g/mol. The lowest BCUT2D eigenvalue weighted by Crippen LogP contribution is -2.69. The number of thioether (sulfide) groups is 1. The standard InChI is InChI=1S/C25H45FN2O4S/c1-3-5-6-7-8-9-10-11-12-13-14-15-16-17-18-19-20-33-22-25(26,23(30)32-4-2)21(29)27-24(31)28-22/h22H,3-20H2,1-2H3,(H2,27,28,29,31). The molecule has 2 unspecified atom stereocenters. The molecule has 2 N–H and O–H groups in total. The van der Waals surface area contributed by atoms with Crippen LogP contribution in [0.25, 0.3) is 0 Å². The number of amides is 3. The number of esters is 1. The van der Waals surface area contributed by atoms with Crippen LogP contribution >= 0.6 is 11.8 Å². The van der Waals surface area contributed by atoms with Crippen LogP contribution in [0.2, 0.25) is 0 Å². The summed E-state index contributed by atoms with van der Waals surface area (Å²) in [5.41, 5.74) is -2.90. The fourth-order valence-electron chi connectivity index (χ4n) is 4.01. The van der Waals surface area contributed by atoms with E-state index in [0.717, 1.165) is 31.0 Å². The monoisotopic (exact) mass is 488 g/mol. The Bertz CT molecular complexity index is 579. The largest absolute Gasteiger partial charge is 0.463 e. The van der Waals surface area contributed by atoms with Gasteiger partial charge in [0.1, 0.15) is 5.37 Å². The first-order valence-electron chi connectivity index (χ1n) is 13.1. The minimum Gasteiger partial charge on any atom is -0.463 e. The summed E-state index contributed by atoms with van der Waals surface area (Å²) in [4.78, 5) is 35.5. The summed E-state index contributed by atoms with van der Waals surface area (Å²) in [6.07, 6.45) is 20.4. The number of unbranched alkanes of at least 4 members (excludes halogenated alkanes) is 15. The van der Waals surface area contributed by atoms with E-state index in [0.29, 0.717) is 5.75 Å². The summed E-state index contributed by atoms with van der Waals surface area (Å²) in [5.74, 6) is -1.96. The second kappa shape index (κ2) is 18.1. The maximum absolute atomic E-state index is 15.2. The molecule has 1 heterocycles. The molecule has 192 valence electrons. The molecule has 1 rings (SSSR count). The van der Waals surface area contributed by atoms with Crippen LogP contribution in [-0.4, -0.2) is 41.3 Å². The zero-order valence-corrected chi connectivity index (χ0v) is 21.5. The first-order chi connectivity index (χ1) is 16.0. The van der Waals surface area contributed by atoms with E-state index in [1.165, 1.54) is 83.5 Å². The van der Waals surface area contributed by atoms with E-state index in [4.69, 9.17) is 4.74 Å². The smallest absolute Gasteiger partial charge is 0.357 e. The van der Waals surface area contributed by atoms with Crippen LogP contribution in [0.5, 0.6) is 0 Å². The van der Waals surface area contributed by atoms with Crippen molar-refractivity contribution in [2.45, 2.75) is 128 Å². The van der Waals surface area contributed by atoms with Crippen LogP contribution in [-0.2, 0) is 14.3 Å². The summed E-state index contributed by atoms with van der Waals surface area (Å²) in [6.45, 7) is 3.76. The number of carbonyl (C=O) groups is 3. The number of carbonyl (C=O) groups excluding carboxylic acids is 3. The van der Waals surface area contributed by atoms with Crippen LogP contribution in [0.4, 0.5) is 9.18 Å². The number of hydrogen-bond donors (Lipinski definition) is 2. The molecule has 1 aliphatic heterocycles. The number of halogens is 1. The third kappa shape index (κ3) is 11.6. The molecule has 6 nitrogen and oxygen atoms in total. The van der Waals surface area contributed by atoms with Gasteiger partial charge in [-0.15, -0.1) is 11.8 Å². The van der Waals surface area contributed by atoms with Gasteiger partial charge in [-0.3, -0.25) is 10.1 Å². The average Bonchev–Trinajstić information content (AvgIpc) is 2.79. The Balaban J connectivity index is 2.04. The maximum atomic E-state index is 15.2. The molecular weight excluding hydrogens is 443 g/mol. The fraction of sp³-hybridized carbons (Fsp3) is 0.880. The molecule has 0 aromatic carbocycles. The number of ether oxygens (including phenoxy) is 1. The number of alkyl halides is 1. The van der Waals surface area contributed by atoms with Gasteiger partial charge >= 0.3 is 17.7 Å². The molecule has 0 aromatic rings. The molecule has 1 aliphatic rings. The molecule has 0 saturated carbocycles. The first-order valence-corrected chi connectivity index (χ1v) is 14.1. The van der Waals surface area contributed by atoms with Crippen LogP contribution < -0.4 is 10.6 Å². The van der Waals surface area contributed by atoms with Gasteiger partial charge in [0.15, 0.2) is 0 Å². The van der Waals surface area contributed by atoms with Crippen molar-refractivity contribution in [1.82, 2.24) is 10.6 Å². The number of rotatable bonds is 20. The van der Waals surface area contributed by atoms with E-state index in [-0.39, 0.29) is 6.61 Å². The lowest BCUT2D eigenvalue weighted by Gasteiger charge is -2.34. The Hall–Kier alpha value is -1.31. The highest BCUT2D eigenvalue weighted by atomic mass is 32.2. The molecule has 2 atom stereocenters. The van der Waals surface area contributed by atoms with Crippen molar-refractivity contribution in [2.75, 3.05) is 12.4 Å². The summed E-state index contributed by atoms with van der Waals surface area (Å²) < 4.78 is 19.9. The Morgan fingerprint density at radius 3 is 1.76 bits per heavy atom. The highest BCUT2D eigenvalue weighted by Gasteiger charge is 2.59. The number of hydrogen-bond acceptors (Lipinski definition) is 5. The summed E-state index contributed by atoms with van der Waals surface area (Å²) >= 11 is 1.08. The van der Waals surface area contributed by atoms with Crippen molar-refractivity contribution in [2.24, 2.45) is 0 Å². The molecule has 8 heteroatoms. The van der Waals surface area contributed by atoms with Gasteiger partial charge in [-0.1, -0.05) is 103 Å². The van der Waals surface area contributed by atoms with Crippen LogP contribution in [0.3, 0.4) is 0 Å². The first kappa shape index (κ1) is 29.7. The Labute approximate surface area is 203 Å². The molecule has 0 spiro atoms. The normalized spacial score (nSPS) is 20.4. The molecule has 0 aromatic heterocycles. The maximum Gasteiger partial charge on any atom is 0.357 e. The van der Waals surface area contributed by atoms with Gasteiger partial charge in [0.2, 0.25) is 0 Å². The van der Waals surface area contributed by atoms with Crippen LogP contribution in [0, 0.1) is 0 Å². The molecule has 1 saturated heterocycles. The fourth-order valence-corrected chi connectivity index (χ4v) is 5.24. The van der Waals surface area contributed by atoms with Crippen molar-refractivity contribution in [3.8, 4) is 0 Å². The molecule has 0 bridgehead atoms. The topological polar surface area (TPSA) is 84.5 Å². The zero-order chi connectivity index (χ0) is 24.4. The Kier molecular flexibility index (Phi) is 16.3. The zero-order valence-electron chi connectivity index (χ0n) is 20.7. The summed E-state index contributed by atoms with van der Waals surface area (Å²) in [7, 11) is 0. The molecule has 33 heavy (non-hydrogen) atoms. The van der Waals surface area contributed by atoms with Crippen molar-refractivity contribution in [3.05, 3.63) is 0 Å². The Morgan fingerprint density at radius 1 is 0.848 bits per heavy atom. The lowest BCUT2D eigenvalue weighted by atomic mass is 10.0. The van der Waals surface area contributed by atoms with Gasteiger partial charge in [0.25, 0.3) is 5.91 Å². The third-order valence-electron chi connectivity index (χ3n) is 6.04. The SMILES string of the molecule is CCCCCCCCCCCCCCCCCCSC1NC(=O)NC(=O)C1(F)C(=O)OCC. The predicted molar refractivity (Wildman–Crippen MR) is 133 cm³/mol. The summed E-state index contributed by atoms with van der Waals surface area (Å²) in [6, 6.07) is -0.790. The van der Waals surface area contributed by atoms with Gasteiger partial charge in [0, 0.05) is 0 Å². The van der Waals surface area contributed by atoms with Gasteiger partial charge in [-0.05, 0) is 19.1 Å². The van der Waals surface area contributed by atoms with Crippen molar-refractivity contribution in [3.63, 3.8) is 0 Å². The van der Waals surface area contributed by atoms with Crippen LogP contribution in [0.1, 0.15) is 117 Å². The van der Waals surface area contributed by atoms with Crippen molar-refractivity contribution >= 4 is 29.7 Å². The van der Waals surface area contributed by atoms with Gasteiger partial charge in [-0.25, -0.2) is 14.0 Å². The highest BCUT2D eigenvalue weighted by molar-refractivity contribution is 8.00. The third-order valence-corrected chi connectivity index (χ3v) is 7.34. The molecular formula is C25H45FN2O4S. The Morgan fingerprint density at radius 2 is 1.30 bits per heavy atom. The lowest BCUT2D eigenvalue weighted by molar-refractivity contribution is -0.163. The quantitative estimate of drug-likeness (QED) is 0.117. The van der Waals surface area contributed by atoms with E-state index in [9.17, 15) is 14.4 Å². The predicted octanol–water partition coefficient (Wildman–Crippen LogP) is 6.42. The molecule has 3 amide bonds. The van der Waals surface area contributed by atoms with Gasteiger partial charge in [0.05, 0.1) is 6.61 Å². The second-order valence-corrected chi connectivity index (χ2v) is 10.1. The molecule has 0 aliphatic carbocycles. The number of urea groups is 1. The van der Waals surface area contributed by atoms with Crippen molar-refractivity contribution < 1.29 is 23.5 Å². The van der Waals surface area contributed by atoms with Crippen LogP contribution in [0.15, 0.2) is 0 Å². The van der Waals surface area contributed by atoms with Gasteiger partial charge in [-0.2, -0.15) is 0 Å². The minimum absolute atomic E-state index is 0.0394. The van der Waals surface area contributed by atoms with E-state index >= 15 is 4.39 Å². The molecule has 0 radical (unpaired) electrons. The summed E-state index contributed by atoms with van der Waals surface area (Å²) in [5, 5.41) is 2.90. The minimum atomic E-state index is -2.90. The molecule has 1 fully saturated rings.